The predicted molar refractivity (Wildman–Crippen MR) is 130 cm³/mol. The first-order valence-electron chi connectivity index (χ1n) is 11.9. The Morgan fingerprint density at radius 3 is 2.56 bits per heavy atom. The van der Waals surface area contributed by atoms with E-state index in [1.54, 1.807) is 16.7 Å². The van der Waals surface area contributed by atoms with E-state index in [4.69, 9.17) is 5.73 Å². The lowest BCUT2D eigenvalue weighted by Crippen LogP contribution is -2.31. The van der Waals surface area contributed by atoms with Crippen molar-refractivity contribution in [1.82, 2.24) is 4.57 Å². The van der Waals surface area contributed by atoms with Crippen LogP contribution in [0.3, 0.4) is 0 Å². The fourth-order valence-electron chi connectivity index (χ4n) is 5.57. The number of fused-ring (bicyclic) bond motifs is 3. The van der Waals surface area contributed by atoms with Crippen molar-refractivity contribution in [2.24, 2.45) is 11.1 Å². The van der Waals surface area contributed by atoms with E-state index in [0.29, 0.717) is 42.5 Å². The van der Waals surface area contributed by atoms with E-state index in [9.17, 15) is 19.1 Å². The van der Waals surface area contributed by atoms with Crippen molar-refractivity contribution >= 4 is 28.4 Å². The summed E-state index contributed by atoms with van der Waals surface area (Å²) in [7, 11) is 0. The van der Waals surface area contributed by atoms with E-state index >= 15 is 0 Å². The van der Waals surface area contributed by atoms with E-state index in [1.807, 2.05) is 12.1 Å². The Morgan fingerprint density at radius 1 is 1.12 bits per heavy atom. The molecule has 34 heavy (non-hydrogen) atoms. The predicted octanol–water partition coefficient (Wildman–Crippen LogP) is 4.87. The minimum Gasteiger partial charge on any atom is -0.393 e. The zero-order chi connectivity index (χ0) is 24.2. The molecule has 2 aliphatic rings. The summed E-state index contributed by atoms with van der Waals surface area (Å²) in [6.07, 6.45) is 3.81. The Hall–Kier alpha value is -3.19. The van der Waals surface area contributed by atoms with E-state index in [2.05, 4.69) is 19.2 Å². The van der Waals surface area contributed by atoms with E-state index in [-0.39, 0.29) is 29.3 Å². The number of aliphatic hydroxyl groups is 1. The van der Waals surface area contributed by atoms with Gasteiger partial charge in [-0.25, -0.2) is 4.39 Å². The van der Waals surface area contributed by atoms with Gasteiger partial charge in [-0.05, 0) is 73.4 Å². The third-order valence-corrected chi connectivity index (χ3v) is 7.18. The zero-order valence-corrected chi connectivity index (χ0v) is 19.5. The highest BCUT2D eigenvalue weighted by molar-refractivity contribution is 6.06. The van der Waals surface area contributed by atoms with Crippen LogP contribution in [0.5, 0.6) is 0 Å². The molecular formula is C27H30FN3O3. The van der Waals surface area contributed by atoms with Gasteiger partial charge in [-0.3, -0.25) is 14.2 Å². The summed E-state index contributed by atoms with van der Waals surface area (Å²) in [5, 5.41) is 14.1. The van der Waals surface area contributed by atoms with Crippen LogP contribution in [-0.2, 0) is 6.42 Å². The smallest absolute Gasteiger partial charge is 0.250 e. The lowest BCUT2D eigenvalue weighted by atomic mass is 9.80. The number of aliphatic hydroxyl groups excluding tert-OH is 1. The topological polar surface area (TPSA) is 97.4 Å². The average molecular weight is 464 g/mol. The first-order valence-corrected chi connectivity index (χ1v) is 11.9. The quantitative estimate of drug-likeness (QED) is 0.514. The van der Waals surface area contributed by atoms with Crippen LogP contribution in [0.4, 0.5) is 10.1 Å². The number of nitrogens with zero attached hydrogens (tertiary/aromatic N) is 1. The van der Waals surface area contributed by atoms with Gasteiger partial charge in [0.25, 0.3) is 5.91 Å². The fraction of sp³-hybridized carbons (Fsp3) is 0.407. The highest BCUT2D eigenvalue weighted by Crippen LogP contribution is 2.43. The Kier molecular flexibility index (Phi) is 5.47. The van der Waals surface area contributed by atoms with Crippen molar-refractivity contribution in [3.63, 3.8) is 0 Å². The highest BCUT2D eigenvalue weighted by Gasteiger charge is 2.35. The number of aromatic nitrogens is 1. The first-order chi connectivity index (χ1) is 16.1. The maximum atomic E-state index is 14.2. The molecule has 1 saturated carbocycles. The van der Waals surface area contributed by atoms with E-state index < -0.39 is 5.91 Å². The number of nitrogens with two attached hydrogens (primary N) is 1. The summed E-state index contributed by atoms with van der Waals surface area (Å²) in [6.45, 7) is 4.13. The molecular weight excluding hydrogens is 433 g/mol. The first kappa shape index (κ1) is 22.6. The number of benzene rings is 2. The third-order valence-electron chi connectivity index (χ3n) is 7.18. The molecule has 3 aromatic rings. The average Bonchev–Trinajstić information content (AvgIpc) is 3.07. The molecule has 6 nitrogen and oxygen atoms in total. The Labute approximate surface area is 197 Å². The van der Waals surface area contributed by atoms with Gasteiger partial charge in [0.05, 0.1) is 17.2 Å². The summed E-state index contributed by atoms with van der Waals surface area (Å²) in [4.78, 5) is 25.3. The minimum atomic E-state index is -0.521. The number of hydrogen-bond donors (Lipinski definition) is 3. The SMILES string of the molecule is CC1(C)CC(=O)n2c(c(-c3ccc(C(N)=O)c(NC4CCC(O)CC4)c3)c3ccc(F)cc32)C1. The fourth-order valence-corrected chi connectivity index (χ4v) is 5.57. The normalized spacial score (nSPS) is 21.9. The maximum Gasteiger partial charge on any atom is 0.250 e. The minimum absolute atomic E-state index is 0.0408. The lowest BCUT2D eigenvalue weighted by Gasteiger charge is -2.31. The van der Waals surface area contributed by atoms with Gasteiger partial charge in [-0.2, -0.15) is 0 Å². The molecule has 0 atom stereocenters. The molecule has 1 aliphatic heterocycles. The highest BCUT2D eigenvalue weighted by atomic mass is 19.1. The molecule has 1 amide bonds. The van der Waals surface area contributed by atoms with Gasteiger partial charge in [0.2, 0.25) is 5.91 Å². The zero-order valence-electron chi connectivity index (χ0n) is 19.5. The molecule has 4 N–H and O–H groups in total. The molecule has 5 rings (SSSR count). The molecule has 1 aromatic heterocycles. The number of halogens is 1. The van der Waals surface area contributed by atoms with Crippen molar-refractivity contribution < 1.29 is 19.1 Å². The van der Waals surface area contributed by atoms with Gasteiger partial charge < -0.3 is 16.2 Å². The number of carbonyl (C=O) groups is 2. The van der Waals surface area contributed by atoms with Crippen LogP contribution >= 0.6 is 0 Å². The molecule has 0 spiro atoms. The summed E-state index contributed by atoms with van der Waals surface area (Å²) in [5.74, 6) is -0.948. The summed E-state index contributed by atoms with van der Waals surface area (Å²) >= 11 is 0. The van der Waals surface area contributed by atoms with Crippen molar-refractivity contribution in [2.75, 3.05) is 5.32 Å². The number of amides is 1. The van der Waals surface area contributed by atoms with Gasteiger partial charge >= 0.3 is 0 Å². The lowest BCUT2D eigenvalue weighted by molar-refractivity contribution is 0.0816. The molecule has 1 aliphatic carbocycles. The second-order valence-electron chi connectivity index (χ2n) is 10.5. The van der Waals surface area contributed by atoms with Crippen LogP contribution in [0.1, 0.15) is 66.8 Å². The standard InChI is InChI=1S/C27H30FN3O3/c1-27(2)13-23-25(20-10-4-16(28)12-22(20)31(23)24(33)14-27)15-3-9-19(26(29)34)21(11-15)30-17-5-7-18(32)8-6-17/h3-4,9-12,17-18,30,32H,5-8,13-14H2,1-2H3,(H2,29,34). The molecule has 178 valence electrons. The Bertz CT molecular complexity index is 1300. The van der Waals surface area contributed by atoms with Crippen molar-refractivity contribution in [3.8, 4) is 11.1 Å². The molecule has 0 saturated heterocycles. The second kappa shape index (κ2) is 8.24. The number of primary amides is 1. The molecule has 0 unspecified atom stereocenters. The van der Waals surface area contributed by atoms with Crippen LogP contribution in [0.25, 0.3) is 22.0 Å². The monoisotopic (exact) mass is 463 g/mol. The number of nitrogens with one attached hydrogen (secondary N) is 1. The van der Waals surface area contributed by atoms with Crippen LogP contribution in [-0.4, -0.2) is 33.6 Å². The van der Waals surface area contributed by atoms with Gasteiger partial charge in [0, 0.05) is 34.8 Å². The van der Waals surface area contributed by atoms with E-state index in [0.717, 1.165) is 35.0 Å². The summed E-state index contributed by atoms with van der Waals surface area (Å²) < 4.78 is 15.9. The summed E-state index contributed by atoms with van der Waals surface area (Å²) in [6, 6.07) is 10.2. The Morgan fingerprint density at radius 2 is 1.85 bits per heavy atom. The van der Waals surface area contributed by atoms with Crippen LogP contribution < -0.4 is 11.1 Å². The largest absolute Gasteiger partial charge is 0.393 e. The van der Waals surface area contributed by atoms with Crippen LogP contribution in [0.15, 0.2) is 36.4 Å². The van der Waals surface area contributed by atoms with Gasteiger partial charge in [-0.15, -0.1) is 0 Å². The third kappa shape index (κ3) is 3.98. The number of rotatable bonds is 4. The molecule has 2 aromatic carbocycles. The van der Waals surface area contributed by atoms with Crippen LogP contribution in [0.2, 0.25) is 0 Å². The molecule has 0 radical (unpaired) electrons. The number of carbonyl (C=O) groups excluding carboxylic acids is 2. The van der Waals surface area contributed by atoms with Gasteiger partial charge in [0.15, 0.2) is 0 Å². The van der Waals surface area contributed by atoms with Crippen molar-refractivity contribution in [1.29, 1.82) is 0 Å². The van der Waals surface area contributed by atoms with Gasteiger partial charge in [0.1, 0.15) is 5.82 Å². The van der Waals surface area contributed by atoms with Crippen molar-refractivity contribution in [2.45, 2.75) is 64.5 Å². The molecule has 7 heteroatoms. The maximum absolute atomic E-state index is 14.2. The molecule has 1 fully saturated rings. The molecule has 0 bridgehead atoms. The molecule has 2 heterocycles. The summed E-state index contributed by atoms with van der Waals surface area (Å²) in [5.41, 5.74) is 9.66. The van der Waals surface area contributed by atoms with Crippen LogP contribution in [0, 0.1) is 11.2 Å². The Balaban J connectivity index is 1.67. The van der Waals surface area contributed by atoms with Gasteiger partial charge in [-0.1, -0.05) is 19.9 Å². The van der Waals surface area contributed by atoms with E-state index in [1.165, 1.54) is 12.1 Å². The second-order valence-corrected chi connectivity index (χ2v) is 10.5. The number of anilines is 1. The number of hydrogen-bond acceptors (Lipinski definition) is 4. The van der Waals surface area contributed by atoms with Crippen molar-refractivity contribution in [3.05, 3.63) is 53.5 Å².